The van der Waals surface area contributed by atoms with E-state index >= 15 is 0 Å². The van der Waals surface area contributed by atoms with E-state index in [-0.39, 0.29) is 12.1 Å². The predicted molar refractivity (Wildman–Crippen MR) is 74.3 cm³/mol. The molecule has 0 amide bonds. The van der Waals surface area contributed by atoms with Crippen molar-refractivity contribution in [1.29, 1.82) is 0 Å². The molecule has 2 rings (SSSR count). The van der Waals surface area contributed by atoms with Crippen molar-refractivity contribution in [3.63, 3.8) is 0 Å². The Kier molecular flexibility index (Phi) is 4.37. The Morgan fingerprint density at radius 2 is 2.00 bits per heavy atom. The van der Waals surface area contributed by atoms with Gasteiger partial charge in [-0.25, -0.2) is 0 Å². The summed E-state index contributed by atoms with van der Waals surface area (Å²) in [6.07, 6.45) is 4.55. The van der Waals surface area contributed by atoms with Crippen LogP contribution in [-0.4, -0.2) is 0 Å². The van der Waals surface area contributed by atoms with Crippen LogP contribution >= 0.6 is 0 Å². The highest BCUT2D eigenvalue weighted by molar-refractivity contribution is 5.20. The second-order valence-electron chi connectivity index (χ2n) is 4.39. The number of hydrogen-bond donors (Lipinski definition) is 1. The van der Waals surface area contributed by atoms with Gasteiger partial charge in [-0.3, -0.25) is 0 Å². The van der Waals surface area contributed by atoms with Crippen molar-refractivity contribution in [3.05, 3.63) is 72.7 Å². The Hall–Kier alpha value is -1.80. The molecule has 94 valence electrons. The zero-order chi connectivity index (χ0) is 12.8. The zero-order valence-corrected chi connectivity index (χ0v) is 10.7. The molecule has 0 fully saturated rings. The standard InChI is InChI=1S/C16H19NO/c1-3-8-15(14-9-5-4-6-10-14)17-13(2)16-11-7-12-18-16/h3-7,9-13,15,17H,1,8H2,2H3/t13-,15+/m1/s1. The van der Waals surface area contributed by atoms with Gasteiger partial charge in [-0.05, 0) is 31.0 Å². The molecule has 0 unspecified atom stereocenters. The summed E-state index contributed by atoms with van der Waals surface area (Å²) < 4.78 is 5.42. The van der Waals surface area contributed by atoms with Crippen LogP contribution in [0.25, 0.3) is 0 Å². The summed E-state index contributed by atoms with van der Waals surface area (Å²) in [6.45, 7) is 5.94. The van der Waals surface area contributed by atoms with Gasteiger partial charge in [0.05, 0.1) is 12.3 Å². The lowest BCUT2D eigenvalue weighted by molar-refractivity contribution is 0.393. The van der Waals surface area contributed by atoms with Crippen LogP contribution in [0.3, 0.4) is 0 Å². The van der Waals surface area contributed by atoms with Gasteiger partial charge in [-0.1, -0.05) is 36.4 Å². The third-order valence-electron chi connectivity index (χ3n) is 3.03. The smallest absolute Gasteiger partial charge is 0.120 e. The molecule has 2 nitrogen and oxygen atoms in total. The first-order chi connectivity index (χ1) is 8.81. The second-order valence-corrected chi connectivity index (χ2v) is 4.39. The van der Waals surface area contributed by atoms with Gasteiger partial charge in [0.1, 0.15) is 5.76 Å². The Morgan fingerprint density at radius 1 is 1.22 bits per heavy atom. The molecular weight excluding hydrogens is 222 g/mol. The molecule has 1 N–H and O–H groups in total. The lowest BCUT2D eigenvalue weighted by atomic mass is 10.0. The van der Waals surface area contributed by atoms with Crippen LogP contribution < -0.4 is 5.32 Å². The van der Waals surface area contributed by atoms with Crippen LogP contribution in [0, 0.1) is 0 Å². The van der Waals surface area contributed by atoms with Gasteiger partial charge in [-0.2, -0.15) is 0 Å². The maximum atomic E-state index is 5.42. The summed E-state index contributed by atoms with van der Waals surface area (Å²) in [6, 6.07) is 14.8. The van der Waals surface area contributed by atoms with E-state index in [1.54, 1.807) is 6.26 Å². The van der Waals surface area contributed by atoms with E-state index in [1.807, 2.05) is 24.3 Å². The minimum absolute atomic E-state index is 0.185. The number of benzene rings is 1. The molecule has 0 aliphatic rings. The van der Waals surface area contributed by atoms with Crippen LogP contribution in [0.15, 0.2) is 65.8 Å². The van der Waals surface area contributed by atoms with Gasteiger partial charge in [0, 0.05) is 6.04 Å². The summed E-state index contributed by atoms with van der Waals surface area (Å²) in [5.74, 6) is 0.958. The molecule has 2 atom stereocenters. The van der Waals surface area contributed by atoms with Gasteiger partial charge in [0.25, 0.3) is 0 Å². The number of furan rings is 1. The highest BCUT2D eigenvalue weighted by Gasteiger charge is 2.15. The largest absolute Gasteiger partial charge is 0.468 e. The van der Waals surface area contributed by atoms with Gasteiger partial charge < -0.3 is 9.73 Å². The fraction of sp³-hybridized carbons (Fsp3) is 0.250. The molecule has 0 bridgehead atoms. The molecule has 1 aromatic heterocycles. The molecule has 0 saturated heterocycles. The summed E-state index contributed by atoms with van der Waals surface area (Å²) in [5.41, 5.74) is 1.27. The first-order valence-electron chi connectivity index (χ1n) is 6.26. The number of rotatable bonds is 6. The van der Waals surface area contributed by atoms with E-state index in [1.165, 1.54) is 5.56 Å². The first-order valence-corrected chi connectivity index (χ1v) is 6.26. The zero-order valence-electron chi connectivity index (χ0n) is 10.7. The van der Waals surface area contributed by atoms with E-state index in [9.17, 15) is 0 Å². The van der Waals surface area contributed by atoms with Crippen molar-refractivity contribution in [1.82, 2.24) is 5.32 Å². The Bertz CT molecular complexity index is 461. The molecule has 18 heavy (non-hydrogen) atoms. The van der Waals surface area contributed by atoms with Crippen molar-refractivity contribution >= 4 is 0 Å². The average Bonchev–Trinajstić information content (AvgIpc) is 2.93. The molecule has 2 heteroatoms. The molecule has 0 radical (unpaired) electrons. The minimum Gasteiger partial charge on any atom is -0.468 e. The average molecular weight is 241 g/mol. The Labute approximate surface area is 108 Å². The molecule has 0 saturated carbocycles. The van der Waals surface area contributed by atoms with Crippen molar-refractivity contribution < 1.29 is 4.42 Å². The van der Waals surface area contributed by atoms with Gasteiger partial charge in [0.2, 0.25) is 0 Å². The minimum atomic E-state index is 0.185. The van der Waals surface area contributed by atoms with Crippen LogP contribution in [0.1, 0.15) is 36.8 Å². The van der Waals surface area contributed by atoms with E-state index in [0.717, 1.165) is 12.2 Å². The molecular formula is C16H19NO. The predicted octanol–water partition coefficient (Wildman–Crippen LogP) is 4.25. The first kappa shape index (κ1) is 12.7. The maximum Gasteiger partial charge on any atom is 0.120 e. The fourth-order valence-electron chi connectivity index (χ4n) is 2.07. The van der Waals surface area contributed by atoms with Crippen LogP contribution in [0.2, 0.25) is 0 Å². The molecule has 1 aromatic carbocycles. The van der Waals surface area contributed by atoms with Gasteiger partial charge >= 0.3 is 0 Å². The van der Waals surface area contributed by atoms with E-state index in [0.29, 0.717) is 0 Å². The lowest BCUT2D eigenvalue weighted by Crippen LogP contribution is -2.24. The van der Waals surface area contributed by atoms with Crippen molar-refractivity contribution in [2.45, 2.75) is 25.4 Å². The highest BCUT2D eigenvalue weighted by atomic mass is 16.3. The van der Waals surface area contributed by atoms with E-state index < -0.39 is 0 Å². The summed E-state index contributed by atoms with van der Waals surface area (Å²) in [5, 5.41) is 3.57. The van der Waals surface area contributed by atoms with Crippen molar-refractivity contribution in [2.24, 2.45) is 0 Å². The van der Waals surface area contributed by atoms with Gasteiger partial charge in [-0.15, -0.1) is 6.58 Å². The Morgan fingerprint density at radius 3 is 2.61 bits per heavy atom. The maximum absolute atomic E-state index is 5.42. The van der Waals surface area contributed by atoms with Crippen molar-refractivity contribution in [2.75, 3.05) is 0 Å². The van der Waals surface area contributed by atoms with E-state index in [4.69, 9.17) is 4.42 Å². The topological polar surface area (TPSA) is 25.2 Å². The summed E-state index contributed by atoms with van der Waals surface area (Å²) in [7, 11) is 0. The molecule has 0 aliphatic heterocycles. The van der Waals surface area contributed by atoms with Gasteiger partial charge in [0.15, 0.2) is 0 Å². The lowest BCUT2D eigenvalue weighted by Gasteiger charge is -2.21. The molecule has 1 heterocycles. The van der Waals surface area contributed by atoms with Crippen LogP contribution in [0.4, 0.5) is 0 Å². The molecule has 0 spiro atoms. The molecule has 2 aromatic rings. The van der Waals surface area contributed by atoms with Crippen molar-refractivity contribution in [3.8, 4) is 0 Å². The normalized spacial score (nSPS) is 14.1. The monoisotopic (exact) mass is 241 g/mol. The van der Waals surface area contributed by atoms with Crippen LogP contribution in [-0.2, 0) is 0 Å². The quantitative estimate of drug-likeness (QED) is 0.765. The second kappa shape index (κ2) is 6.22. The number of hydrogen-bond acceptors (Lipinski definition) is 2. The fourth-order valence-corrected chi connectivity index (χ4v) is 2.07. The third-order valence-corrected chi connectivity index (χ3v) is 3.03. The van der Waals surface area contributed by atoms with E-state index in [2.05, 4.69) is 43.1 Å². The summed E-state index contributed by atoms with van der Waals surface area (Å²) in [4.78, 5) is 0. The van der Waals surface area contributed by atoms with Crippen LogP contribution in [0.5, 0.6) is 0 Å². The SMILES string of the molecule is C=CC[C@H](N[C@H](C)c1ccco1)c1ccccc1. The highest BCUT2D eigenvalue weighted by Crippen LogP contribution is 2.22. The summed E-state index contributed by atoms with van der Waals surface area (Å²) >= 11 is 0. The molecule has 0 aliphatic carbocycles. The third kappa shape index (κ3) is 3.11. The number of nitrogens with one attached hydrogen (secondary N) is 1. The Balaban J connectivity index is 2.09.